The van der Waals surface area contributed by atoms with E-state index in [1.54, 1.807) is 0 Å². The Balaban J connectivity index is 4.25. The Morgan fingerprint density at radius 2 is 1.60 bits per heavy atom. The van der Waals surface area contributed by atoms with E-state index < -0.39 is 0 Å². The molecule has 0 aliphatic heterocycles. The zero-order chi connectivity index (χ0) is 11.8. The van der Waals surface area contributed by atoms with Crippen molar-refractivity contribution in [1.29, 1.82) is 0 Å². The van der Waals surface area contributed by atoms with Crippen molar-refractivity contribution < 1.29 is 0 Å². The van der Waals surface area contributed by atoms with Crippen molar-refractivity contribution in [3.05, 3.63) is 0 Å². The van der Waals surface area contributed by atoms with Crippen LogP contribution in [0.25, 0.3) is 0 Å². The summed E-state index contributed by atoms with van der Waals surface area (Å²) in [4.78, 5) is 2.46. The Hall–Kier alpha value is -0.0800. The maximum absolute atomic E-state index is 5.90. The molecule has 2 nitrogen and oxygen atoms in total. The van der Waals surface area contributed by atoms with Gasteiger partial charge in [-0.2, -0.15) is 0 Å². The van der Waals surface area contributed by atoms with Gasteiger partial charge in [-0.15, -0.1) is 0 Å². The highest BCUT2D eigenvalue weighted by molar-refractivity contribution is 4.77. The summed E-state index contributed by atoms with van der Waals surface area (Å²) in [6, 6.07) is 0.564. The van der Waals surface area contributed by atoms with Gasteiger partial charge >= 0.3 is 0 Å². The molecule has 0 radical (unpaired) electrons. The third-order valence-electron chi connectivity index (χ3n) is 3.70. The molecular weight excluding hydrogens is 184 g/mol. The predicted molar refractivity (Wildman–Crippen MR) is 69.0 cm³/mol. The lowest BCUT2D eigenvalue weighted by Gasteiger charge is -2.34. The van der Waals surface area contributed by atoms with Gasteiger partial charge in [0.15, 0.2) is 0 Å². The molecule has 0 aromatic heterocycles. The van der Waals surface area contributed by atoms with Crippen LogP contribution < -0.4 is 5.73 Å². The third-order valence-corrected chi connectivity index (χ3v) is 3.70. The molecule has 0 aliphatic rings. The second kappa shape index (κ2) is 8.12. The van der Waals surface area contributed by atoms with Crippen LogP contribution in [0.4, 0.5) is 0 Å². The first kappa shape index (κ1) is 14.9. The van der Waals surface area contributed by atoms with Gasteiger partial charge in [0.05, 0.1) is 0 Å². The lowest BCUT2D eigenvalue weighted by Crippen LogP contribution is -2.44. The first-order valence-corrected chi connectivity index (χ1v) is 6.50. The second-order valence-electron chi connectivity index (χ2n) is 4.83. The van der Waals surface area contributed by atoms with Crippen molar-refractivity contribution in [2.45, 2.75) is 53.0 Å². The Morgan fingerprint density at radius 1 is 1.07 bits per heavy atom. The van der Waals surface area contributed by atoms with E-state index in [0.717, 1.165) is 18.4 Å². The molecule has 0 heterocycles. The minimum absolute atomic E-state index is 0.564. The number of nitrogens with zero attached hydrogens (tertiary/aromatic N) is 1. The van der Waals surface area contributed by atoms with Crippen molar-refractivity contribution in [3.63, 3.8) is 0 Å². The molecule has 2 atom stereocenters. The number of likely N-dealkylation sites (N-methyl/N-ethyl adjacent to an activating group) is 1. The van der Waals surface area contributed by atoms with Crippen molar-refractivity contribution >= 4 is 0 Å². The molecule has 2 N–H and O–H groups in total. The van der Waals surface area contributed by atoms with Crippen molar-refractivity contribution in [2.75, 3.05) is 20.1 Å². The molecule has 0 aromatic carbocycles. The highest BCUT2D eigenvalue weighted by Crippen LogP contribution is 2.18. The van der Waals surface area contributed by atoms with Crippen LogP contribution in [0.15, 0.2) is 0 Å². The van der Waals surface area contributed by atoms with Crippen LogP contribution in [-0.2, 0) is 0 Å². The molecular formula is C13H30N2. The number of nitrogens with two attached hydrogens (primary N) is 1. The molecule has 0 aliphatic carbocycles. The molecule has 2 unspecified atom stereocenters. The van der Waals surface area contributed by atoms with Crippen LogP contribution >= 0.6 is 0 Å². The lowest BCUT2D eigenvalue weighted by molar-refractivity contribution is 0.152. The Bertz CT molecular complexity index is 143. The summed E-state index contributed by atoms with van der Waals surface area (Å²) >= 11 is 0. The molecule has 0 spiro atoms. The summed E-state index contributed by atoms with van der Waals surface area (Å²) in [5.41, 5.74) is 5.90. The van der Waals surface area contributed by atoms with E-state index >= 15 is 0 Å². The summed E-state index contributed by atoms with van der Waals surface area (Å²) in [6.07, 6.45) is 3.73. The van der Waals surface area contributed by atoms with Gasteiger partial charge in [-0.1, -0.05) is 47.0 Å². The zero-order valence-electron chi connectivity index (χ0n) is 11.3. The largest absolute Gasteiger partial charge is 0.329 e. The molecule has 0 amide bonds. The normalized spacial score (nSPS) is 16.0. The topological polar surface area (TPSA) is 29.3 Å². The summed E-state index contributed by atoms with van der Waals surface area (Å²) in [7, 11) is 2.22. The monoisotopic (exact) mass is 214 g/mol. The van der Waals surface area contributed by atoms with E-state index in [9.17, 15) is 0 Å². The van der Waals surface area contributed by atoms with E-state index in [1.165, 1.54) is 25.8 Å². The van der Waals surface area contributed by atoms with Crippen molar-refractivity contribution in [1.82, 2.24) is 4.90 Å². The molecule has 0 saturated carbocycles. The van der Waals surface area contributed by atoms with Gasteiger partial charge in [-0.3, -0.25) is 0 Å². The van der Waals surface area contributed by atoms with E-state index in [2.05, 4.69) is 39.6 Å². The SMILES string of the molecule is CCC(C)CN(C)C(CN)C(CC)CC. The van der Waals surface area contributed by atoms with Gasteiger partial charge in [-0.05, 0) is 18.9 Å². The smallest absolute Gasteiger partial charge is 0.0243 e. The fourth-order valence-electron chi connectivity index (χ4n) is 2.32. The minimum atomic E-state index is 0.564. The summed E-state index contributed by atoms with van der Waals surface area (Å²) in [6.45, 7) is 11.1. The second-order valence-corrected chi connectivity index (χ2v) is 4.83. The van der Waals surface area contributed by atoms with Gasteiger partial charge in [0.25, 0.3) is 0 Å². The van der Waals surface area contributed by atoms with Crippen LogP contribution in [0.1, 0.15) is 47.0 Å². The predicted octanol–water partition coefficient (Wildman–Crippen LogP) is 2.73. The van der Waals surface area contributed by atoms with Gasteiger partial charge in [0.2, 0.25) is 0 Å². The maximum Gasteiger partial charge on any atom is 0.0243 e. The van der Waals surface area contributed by atoms with Crippen LogP contribution in [0.2, 0.25) is 0 Å². The lowest BCUT2D eigenvalue weighted by atomic mass is 9.92. The minimum Gasteiger partial charge on any atom is -0.329 e. The van der Waals surface area contributed by atoms with Crippen LogP contribution in [-0.4, -0.2) is 31.1 Å². The maximum atomic E-state index is 5.90. The molecule has 0 bridgehead atoms. The van der Waals surface area contributed by atoms with E-state index in [1.807, 2.05) is 0 Å². The summed E-state index contributed by atoms with van der Waals surface area (Å²) < 4.78 is 0. The zero-order valence-corrected chi connectivity index (χ0v) is 11.3. The summed E-state index contributed by atoms with van der Waals surface area (Å²) in [5.74, 6) is 1.53. The average molecular weight is 214 g/mol. The first-order chi connectivity index (χ1) is 7.10. The Kier molecular flexibility index (Phi) is 8.07. The number of hydrogen-bond acceptors (Lipinski definition) is 2. The van der Waals surface area contributed by atoms with Crippen molar-refractivity contribution in [3.8, 4) is 0 Å². The van der Waals surface area contributed by atoms with Gasteiger partial charge < -0.3 is 10.6 Å². The molecule has 0 fully saturated rings. The summed E-state index contributed by atoms with van der Waals surface area (Å²) in [5, 5.41) is 0. The van der Waals surface area contributed by atoms with Crippen molar-refractivity contribution in [2.24, 2.45) is 17.6 Å². The molecule has 92 valence electrons. The average Bonchev–Trinajstić information content (AvgIpc) is 2.24. The fourth-order valence-corrected chi connectivity index (χ4v) is 2.32. The fraction of sp³-hybridized carbons (Fsp3) is 1.00. The highest BCUT2D eigenvalue weighted by Gasteiger charge is 2.21. The van der Waals surface area contributed by atoms with Gasteiger partial charge in [0, 0.05) is 19.1 Å². The first-order valence-electron chi connectivity index (χ1n) is 6.50. The third kappa shape index (κ3) is 4.98. The Morgan fingerprint density at radius 3 is 1.93 bits per heavy atom. The van der Waals surface area contributed by atoms with E-state index in [-0.39, 0.29) is 0 Å². The van der Waals surface area contributed by atoms with Crippen LogP contribution in [0.5, 0.6) is 0 Å². The molecule has 15 heavy (non-hydrogen) atoms. The van der Waals surface area contributed by atoms with E-state index in [4.69, 9.17) is 5.73 Å². The number of rotatable bonds is 8. The quantitative estimate of drug-likeness (QED) is 0.673. The molecule has 0 aromatic rings. The van der Waals surface area contributed by atoms with E-state index in [0.29, 0.717) is 6.04 Å². The van der Waals surface area contributed by atoms with Crippen LogP contribution in [0.3, 0.4) is 0 Å². The number of hydrogen-bond donors (Lipinski definition) is 1. The highest BCUT2D eigenvalue weighted by atomic mass is 15.1. The standard InChI is InChI=1S/C13H30N2/c1-6-11(4)10-15(5)13(9-14)12(7-2)8-3/h11-13H,6-10,14H2,1-5H3. The van der Waals surface area contributed by atoms with Gasteiger partial charge in [0.1, 0.15) is 0 Å². The molecule has 0 saturated heterocycles. The molecule has 2 heteroatoms. The molecule has 0 rings (SSSR count). The van der Waals surface area contributed by atoms with Gasteiger partial charge in [-0.25, -0.2) is 0 Å². The van der Waals surface area contributed by atoms with Crippen LogP contribution in [0, 0.1) is 11.8 Å². The Labute approximate surface area is 96.2 Å².